The molecular weight excluding hydrogens is 188 g/mol. The van der Waals surface area contributed by atoms with Crippen LogP contribution in [0.5, 0.6) is 0 Å². The lowest BCUT2D eigenvalue weighted by Crippen LogP contribution is -2.32. The van der Waals surface area contributed by atoms with E-state index in [9.17, 15) is 9.90 Å². The van der Waals surface area contributed by atoms with Gasteiger partial charge in [0.2, 0.25) is 0 Å². The Kier molecular flexibility index (Phi) is 3.89. The maximum atomic E-state index is 11.3. The number of carbonyl (C=O) groups is 1. The lowest BCUT2D eigenvalue weighted by Gasteiger charge is -2.26. The van der Waals surface area contributed by atoms with Gasteiger partial charge in [-0.1, -0.05) is 44.2 Å². The zero-order chi connectivity index (χ0) is 11.3. The molecule has 15 heavy (non-hydrogen) atoms. The van der Waals surface area contributed by atoms with E-state index >= 15 is 0 Å². The van der Waals surface area contributed by atoms with Crippen LogP contribution in [0.3, 0.4) is 0 Å². The van der Waals surface area contributed by atoms with Gasteiger partial charge in [0.25, 0.3) is 0 Å². The Morgan fingerprint density at radius 2 is 1.73 bits per heavy atom. The molecule has 1 N–H and O–H groups in total. The van der Waals surface area contributed by atoms with E-state index < -0.39 is 11.4 Å². The lowest BCUT2D eigenvalue weighted by molar-refractivity contribution is -0.149. The topological polar surface area (TPSA) is 37.3 Å². The molecule has 82 valence electrons. The average Bonchev–Trinajstić information content (AvgIpc) is 2.27. The van der Waals surface area contributed by atoms with Crippen LogP contribution in [0, 0.1) is 5.41 Å². The van der Waals surface area contributed by atoms with Crippen LogP contribution in [-0.4, -0.2) is 11.1 Å². The first-order valence-corrected chi connectivity index (χ1v) is 5.42. The van der Waals surface area contributed by atoms with Crippen molar-refractivity contribution in [2.24, 2.45) is 5.41 Å². The number of aliphatic carboxylic acids is 1. The summed E-state index contributed by atoms with van der Waals surface area (Å²) in [5.74, 6) is -0.684. The van der Waals surface area contributed by atoms with E-state index in [0.29, 0.717) is 19.3 Å². The molecule has 0 atom stereocenters. The van der Waals surface area contributed by atoms with Gasteiger partial charge < -0.3 is 5.11 Å². The van der Waals surface area contributed by atoms with E-state index in [1.165, 1.54) is 0 Å². The van der Waals surface area contributed by atoms with Crippen molar-refractivity contribution in [2.45, 2.75) is 33.1 Å². The molecule has 2 heteroatoms. The van der Waals surface area contributed by atoms with Gasteiger partial charge in [0, 0.05) is 0 Å². The van der Waals surface area contributed by atoms with Crippen LogP contribution < -0.4 is 0 Å². The second kappa shape index (κ2) is 4.96. The third-order valence-electron chi connectivity index (χ3n) is 3.19. The Hall–Kier alpha value is -1.31. The fraction of sp³-hybridized carbons (Fsp3) is 0.462. The van der Waals surface area contributed by atoms with Crippen molar-refractivity contribution in [3.05, 3.63) is 35.9 Å². The Labute approximate surface area is 90.9 Å². The van der Waals surface area contributed by atoms with E-state index in [2.05, 4.69) is 0 Å². The highest BCUT2D eigenvalue weighted by atomic mass is 16.4. The number of carboxylic acid groups (broad SMARTS) is 1. The number of hydrogen-bond acceptors (Lipinski definition) is 1. The maximum Gasteiger partial charge on any atom is 0.309 e. The van der Waals surface area contributed by atoms with Gasteiger partial charge >= 0.3 is 5.97 Å². The number of carboxylic acids is 1. The Balaban J connectivity index is 2.89. The maximum absolute atomic E-state index is 11.3. The van der Waals surface area contributed by atoms with Crippen molar-refractivity contribution in [1.82, 2.24) is 0 Å². The molecule has 1 aromatic carbocycles. The van der Waals surface area contributed by atoms with Crippen LogP contribution in [0.4, 0.5) is 0 Å². The molecule has 0 aliphatic carbocycles. The van der Waals surface area contributed by atoms with E-state index in [0.717, 1.165) is 5.56 Å². The summed E-state index contributed by atoms with van der Waals surface area (Å²) in [5.41, 5.74) is 0.505. The largest absolute Gasteiger partial charge is 0.481 e. The molecular formula is C13H18O2. The van der Waals surface area contributed by atoms with Gasteiger partial charge in [0.1, 0.15) is 0 Å². The zero-order valence-electron chi connectivity index (χ0n) is 9.36. The summed E-state index contributed by atoms with van der Waals surface area (Å²) in [5, 5.41) is 9.29. The predicted molar refractivity (Wildman–Crippen MR) is 60.8 cm³/mol. The minimum Gasteiger partial charge on any atom is -0.481 e. The average molecular weight is 206 g/mol. The van der Waals surface area contributed by atoms with Crippen LogP contribution in [0.1, 0.15) is 32.3 Å². The van der Waals surface area contributed by atoms with Crippen LogP contribution in [-0.2, 0) is 11.2 Å². The van der Waals surface area contributed by atoms with Crippen LogP contribution in [0.15, 0.2) is 30.3 Å². The Bertz CT molecular complexity index is 313. The molecule has 0 fully saturated rings. The van der Waals surface area contributed by atoms with Crippen molar-refractivity contribution < 1.29 is 9.90 Å². The first-order valence-electron chi connectivity index (χ1n) is 5.42. The van der Waals surface area contributed by atoms with Gasteiger partial charge in [-0.2, -0.15) is 0 Å². The summed E-state index contributed by atoms with van der Waals surface area (Å²) in [4.78, 5) is 11.3. The van der Waals surface area contributed by atoms with Crippen LogP contribution in [0.2, 0.25) is 0 Å². The van der Waals surface area contributed by atoms with Gasteiger partial charge in [-0.05, 0) is 24.8 Å². The number of hydrogen-bond donors (Lipinski definition) is 1. The summed E-state index contributed by atoms with van der Waals surface area (Å²) >= 11 is 0. The normalized spacial score (nSPS) is 11.3. The quantitative estimate of drug-likeness (QED) is 0.803. The molecule has 2 nitrogen and oxygen atoms in total. The molecule has 0 saturated carbocycles. The first-order chi connectivity index (χ1) is 7.14. The Morgan fingerprint density at radius 3 is 2.13 bits per heavy atom. The standard InChI is InChI=1S/C13H18O2/c1-3-13(4-2,12(14)15)10-11-8-6-5-7-9-11/h5-9H,3-4,10H2,1-2H3,(H,14,15). The summed E-state index contributed by atoms with van der Waals surface area (Å²) in [7, 11) is 0. The van der Waals surface area contributed by atoms with Crippen LogP contribution >= 0.6 is 0 Å². The van der Waals surface area contributed by atoms with Gasteiger partial charge in [0.15, 0.2) is 0 Å². The van der Waals surface area contributed by atoms with E-state index in [-0.39, 0.29) is 0 Å². The van der Waals surface area contributed by atoms with E-state index in [1.54, 1.807) is 0 Å². The second-order valence-electron chi connectivity index (χ2n) is 3.95. The molecule has 0 aliphatic rings. The van der Waals surface area contributed by atoms with Gasteiger partial charge in [0.05, 0.1) is 5.41 Å². The number of rotatable bonds is 5. The fourth-order valence-corrected chi connectivity index (χ4v) is 1.86. The third kappa shape index (κ3) is 2.58. The molecule has 0 heterocycles. The summed E-state index contributed by atoms with van der Waals surface area (Å²) in [6, 6.07) is 9.83. The molecule has 1 aromatic rings. The molecule has 0 amide bonds. The molecule has 1 rings (SSSR count). The fourth-order valence-electron chi connectivity index (χ4n) is 1.86. The molecule has 0 aliphatic heterocycles. The van der Waals surface area contributed by atoms with Crippen molar-refractivity contribution in [3.63, 3.8) is 0 Å². The van der Waals surface area contributed by atoms with E-state index in [4.69, 9.17) is 0 Å². The molecule has 0 aromatic heterocycles. The monoisotopic (exact) mass is 206 g/mol. The smallest absolute Gasteiger partial charge is 0.309 e. The molecule has 0 unspecified atom stereocenters. The summed E-state index contributed by atoms with van der Waals surface area (Å²) < 4.78 is 0. The minimum absolute atomic E-state index is 0.596. The van der Waals surface area contributed by atoms with Gasteiger partial charge in [-0.3, -0.25) is 4.79 Å². The predicted octanol–water partition coefficient (Wildman–Crippen LogP) is 3.12. The highest BCUT2D eigenvalue weighted by Gasteiger charge is 2.34. The van der Waals surface area contributed by atoms with Crippen molar-refractivity contribution in [3.8, 4) is 0 Å². The highest BCUT2D eigenvalue weighted by molar-refractivity contribution is 5.75. The number of benzene rings is 1. The highest BCUT2D eigenvalue weighted by Crippen LogP contribution is 2.31. The van der Waals surface area contributed by atoms with Crippen molar-refractivity contribution in [1.29, 1.82) is 0 Å². The minimum atomic E-state index is -0.684. The first kappa shape index (κ1) is 11.8. The van der Waals surface area contributed by atoms with Crippen molar-refractivity contribution >= 4 is 5.97 Å². The van der Waals surface area contributed by atoms with Gasteiger partial charge in [-0.15, -0.1) is 0 Å². The molecule has 0 bridgehead atoms. The van der Waals surface area contributed by atoms with Crippen molar-refractivity contribution in [2.75, 3.05) is 0 Å². The SMILES string of the molecule is CCC(CC)(Cc1ccccc1)C(=O)O. The molecule has 0 radical (unpaired) electrons. The summed E-state index contributed by atoms with van der Waals surface area (Å²) in [6.07, 6.45) is 1.97. The second-order valence-corrected chi connectivity index (χ2v) is 3.95. The van der Waals surface area contributed by atoms with Crippen LogP contribution in [0.25, 0.3) is 0 Å². The Morgan fingerprint density at radius 1 is 1.20 bits per heavy atom. The summed E-state index contributed by atoms with van der Waals surface area (Å²) in [6.45, 7) is 3.89. The lowest BCUT2D eigenvalue weighted by atomic mass is 9.77. The molecule has 0 saturated heterocycles. The third-order valence-corrected chi connectivity index (χ3v) is 3.19. The van der Waals surface area contributed by atoms with Gasteiger partial charge in [-0.25, -0.2) is 0 Å². The zero-order valence-corrected chi connectivity index (χ0v) is 9.36. The van der Waals surface area contributed by atoms with E-state index in [1.807, 2.05) is 44.2 Å². The molecule has 0 spiro atoms.